The number of nitrogens with zero attached hydrogens (tertiary/aromatic N) is 1. The van der Waals surface area contributed by atoms with Gasteiger partial charge in [0.25, 0.3) is 5.91 Å². The van der Waals surface area contributed by atoms with Crippen LogP contribution in [0.2, 0.25) is 0 Å². The zero-order valence-electron chi connectivity index (χ0n) is 15.3. The smallest absolute Gasteiger partial charge is 0.270 e. The van der Waals surface area contributed by atoms with Crippen LogP contribution in [0.15, 0.2) is 48.5 Å². The van der Waals surface area contributed by atoms with E-state index in [0.717, 1.165) is 5.75 Å². The minimum absolute atomic E-state index is 0.0440. The maximum atomic E-state index is 12.8. The van der Waals surface area contributed by atoms with E-state index in [1.165, 1.54) is 6.92 Å². The van der Waals surface area contributed by atoms with Gasteiger partial charge in [0.2, 0.25) is 0 Å². The molecule has 0 atom stereocenters. The van der Waals surface area contributed by atoms with Crippen molar-refractivity contribution in [1.82, 2.24) is 0 Å². The topological polar surface area (TPSA) is 55.8 Å². The van der Waals surface area contributed by atoms with Crippen LogP contribution in [0.1, 0.15) is 37.6 Å². The summed E-state index contributed by atoms with van der Waals surface area (Å²) in [5, 5.41) is 0. The van der Waals surface area contributed by atoms with Crippen molar-refractivity contribution in [2.24, 2.45) is 0 Å². The molecular weight excluding hydrogens is 330 g/mol. The van der Waals surface area contributed by atoms with Gasteiger partial charge in [0.05, 0.1) is 12.3 Å². The van der Waals surface area contributed by atoms with Gasteiger partial charge in [-0.3, -0.25) is 9.59 Å². The quantitative estimate of drug-likeness (QED) is 0.584. The van der Waals surface area contributed by atoms with Crippen molar-refractivity contribution in [1.29, 1.82) is 0 Å². The van der Waals surface area contributed by atoms with Crippen molar-refractivity contribution < 1.29 is 19.1 Å². The molecule has 5 heteroatoms. The van der Waals surface area contributed by atoms with E-state index in [9.17, 15) is 9.59 Å². The number of ketones is 1. The van der Waals surface area contributed by atoms with Crippen LogP contribution < -0.4 is 14.4 Å². The number of Topliss-reactive ketones (excluding diaryl/α,β-unsaturated/α-hetero) is 1. The Bertz CT molecular complexity index is 814. The van der Waals surface area contributed by atoms with E-state index < -0.39 is 5.60 Å². The van der Waals surface area contributed by atoms with Crippen molar-refractivity contribution in [2.75, 3.05) is 18.1 Å². The number of para-hydroxylation sites is 1. The van der Waals surface area contributed by atoms with Gasteiger partial charge < -0.3 is 14.4 Å². The number of hydrogen-bond acceptors (Lipinski definition) is 4. The highest BCUT2D eigenvalue weighted by molar-refractivity contribution is 6.04. The standard InChI is InChI=1S/C21H23NO4/c1-15(23)16-10-11-19-18(14-16)22(20(24)21(2,3)26-19)12-7-13-25-17-8-5-4-6-9-17/h4-6,8-11,14H,7,12-13H2,1-3H3. The zero-order chi connectivity index (χ0) is 18.7. The molecule has 1 aliphatic rings. The second-order valence-electron chi connectivity index (χ2n) is 6.82. The van der Waals surface area contributed by atoms with E-state index >= 15 is 0 Å². The average Bonchev–Trinajstić information content (AvgIpc) is 2.61. The molecule has 136 valence electrons. The maximum Gasteiger partial charge on any atom is 0.270 e. The van der Waals surface area contributed by atoms with Crippen molar-refractivity contribution >= 4 is 17.4 Å². The lowest BCUT2D eigenvalue weighted by molar-refractivity contribution is -0.132. The normalized spacial score (nSPS) is 15.2. The molecule has 1 aliphatic heterocycles. The molecule has 0 saturated heterocycles. The third kappa shape index (κ3) is 3.72. The number of hydrogen-bond donors (Lipinski definition) is 0. The van der Waals surface area contributed by atoms with Crippen LogP contribution in [0.4, 0.5) is 5.69 Å². The summed E-state index contributed by atoms with van der Waals surface area (Å²) in [4.78, 5) is 26.2. The van der Waals surface area contributed by atoms with Crippen molar-refractivity contribution in [2.45, 2.75) is 32.8 Å². The monoisotopic (exact) mass is 353 g/mol. The fourth-order valence-electron chi connectivity index (χ4n) is 2.94. The third-order valence-electron chi connectivity index (χ3n) is 4.32. The predicted molar refractivity (Wildman–Crippen MR) is 100 cm³/mol. The molecule has 0 saturated carbocycles. The van der Waals surface area contributed by atoms with Gasteiger partial charge in [-0.1, -0.05) is 18.2 Å². The first kappa shape index (κ1) is 18.0. The van der Waals surface area contributed by atoms with Crippen molar-refractivity contribution in [3.8, 4) is 11.5 Å². The number of fused-ring (bicyclic) bond motifs is 1. The summed E-state index contributed by atoms with van der Waals surface area (Å²) in [5.41, 5.74) is 0.262. The third-order valence-corrected chi connectivity index (χ3v) is 4.32. The lowest BCUT2D eigenvalue weighted by Gasteiger charge is -2.39. The van der Waals surface area contributed by atoms with Gasteiger partial charge in [0, 0.05) is 12.1 Å². The summed E-state index contributed by atoms with van der Waals surface area (Å²) in [6, 6.07) is 14.8. The second kappa shape index (κ2) is 7.20. The van der Waals surface area contributed by atoms with Gasteiger partial charge in [-0.15, -0.1) is 0 Å². The molecule has 1 heterocycles. The van der Waals surface area contributed by atoms with Crippen LogP contribution in [0.25, 0.3) is 0 Å². The predicted octanol–water partition coefficient (Wildman–Crippen LogP) is 3.86. The molecule has 3 rings (SSSR count). The first-order valence-electron chi connectivity index (χ1n) is 8.72. The van der Waals surface area contributed by atoms with E-state index in [1.54, 1.807) is 36.9 Å². The van der Waals surface area contributed by atoms with Gasteiger partial charge in [-0.25, -0.2) is 0 Å². The van der Waals surface area contributed by atoms with Crippen molar-refractivity contribution in [3.63, 3.8) is 0 Å². The molecule has 1 amide bonds. The number of benzene rings is 2. The summed E-state index contributed by atoms with van der Waals surface area (Å²) in [5.74, 6) is 1.26. The van der Waals surface area contributed by atoms with Gasteiger partial charge in [-0.2, -0.15) is 0 Å². The lowest BCUT2D eigenvalue weighted by Crippen LogP contribution is -2.53. The minimum atomic E-state index is -0.939. The molecule has 2 aromatic carbocycles. The molecule has 0 spiro atoms. The number of anilines is 1. The Morgan fingerprint density at radius 1 is 1.15 bits per heavy atom. The Labute approximate surface area is 153 Å². The summed E-state index contributed by atoms with van der Waals surface area (Å²) < 4.78 is 11.5. The van der Waals surface area contributed by atoms with Crippen molar-refractivity contribution in [3.05, 3.63) is 54.1 Å². The zero-order valence-corrected chi connectivity index (χ0v) is 15.3. The van der Waals surface area contributed by atoms with Gasteiger partial charge in [-0.05, 0) is 57.5 Å². The van der Waals surface area contributed by atoms with Gasteiger partial charge >= 0.3 is 0 Å². The summed E-state index contributed by atoms with van der Waals surface area (Å²) in [7, 11) is 0. The fraction of sp³-hybridized carbons (Fsp3) is 0.333. The summed E-state index contributed by atoms with van der Waals surface area (Å²) in [6.07, 6.45) is 0.667. The molecule has 0 aliphatic carbocycles. The number of ether oxygens (including phenoxy) is 2. The largest absolute Gasteiger partial charge is 0.494 e. The molecule has 0 unspecified atom stereocenters. The van der Waals surface area contributed by atoms with E-state index in [-0.39, 0.29) is 11.7 Å². The average molecular weight is 353 g/mol. The number of rotatable bonds is 6. The van der Waals surface area contributed by atoms with E-state index in [2.05, 4.69) is 0 Å². The van der Waals surface area contributed by atoms with Crippen LogP contribution in [0, 0.1) is 0 Å². The Morgan fingerprint density at radius 3 is 2.58 bits per heavy atom. The SMILES string of the molecule is CC(=O)c1ccc2c(c1)N(CCCOc1ccccc1)C(=O)C(C)(C)O2. The van der Waals surface area contributed by atoms with Crippen LogP contribution in [0.3, 0.4) is 0 Å². The van der Waals surface area contributed by atoms with E-state index in [4.69, 9.17) is 9.47 Å². The highest BCUT2D eigenvalue weighted by Gasteiger charge is 2.40. The van der Waals surface area contributed by atoms with E-state index in [1.807, 2.05) is 30.3 Å². The minimum Gasteiger partial charge on any atom is -0.494 e. The fourth-order valence-corrected chi connectivity index (χ4v) is 2.94. The molecule has 5 nitrogen and oxygen atoms in total. The Kier molecular flexibility index (Phi) is 4.98. The highest BCUT2D eigenvalue weighted by atomic mass is 16.5. The van der Waals surface area contributed by atoms with Crippen LogP contribution >= 0.6 is 0 Å². The maximum absolute atomic E-state index is 12.8. The highest BCUT2D eigenvalue weighted by Crippen LogP contribution is 2.38. The lowest BCUT2D eigenvalue weighted by atomic mass is 10.0. The molecular formula is C21H23NO4. The Balaban J connectivity index is 1.75. The summed E-state index contributed by atoms with van der Waals surface area (Å²) >= 11 is 0. The first-order valence-corrected chi connectivity index (χ1v) is 8.72. The van der Waals surface area contributed by atoms with Crippen LogP contribution in [-0.2, 0) is 4.79 Å². The molecule has 0 aromatic heterocycles. The van der Waals surface area contributed by atoms with Crippen LogP contribution in [0.5, 0.6) is 11.5 Å². The van der Waals surface area contributed by atoms with Crippen LogP contribution in [-0.4, -0.2) is 30.4 Å². The molecule has 0 N–H and O–H groups in total. The molecule has 0 fully saturated rings. The molecule has 0 bridgehead atoms. The molecule has 2 aromatic rings. The second-order valence-corrected chi connectivity index (χ2v) is 6.82. The van der Waals surface area contributed by atoms with Gasteiger partial charge in [0.15, 0.2) is 11.4 Å². The Hall–Kier alpha value is -2.82. The molecule has 26 heavy (non-hydrogen) atoms. The first-order chi connectivity index (χ1) is 12.4. The number of amides is 1. The Morgan fingerprint density at radius 2 is 1.88 bits per heavy atom. The van der Waals surface area contributed by atoms with E-state index in [0.29, 0.717) is 36.6 Å². The number of carbonyl (C=O) groups excluding carboxylic acids is 2. The number of carbonyl (C=O) groups is 2. The summed E-state index contributed by atoms with van der Waals surface area (Å²) in [6.45, 7) is 6.01. The van der Waals surface area contributed by atoms with Gasteiger partial charge in [0.1, 0.15) is 11.5 Å². The molecule has 0 radical (unpaired) electrons.